The number of carbonyl (C=O) groups excluding carboxylic acids is 1. The topological polar surface area (TPSA) is 95.1 Å². The predicted octanol–water partition coefficient (Wildman–Crippen LogP) is 3.76. The van der Waals surface area contributed by atoms with Crippen LogP contribution in [-0.4, -0.2) is 31.8 Å². The highest BCUT2D eigenvalue weighted by atomic mass is 32.2. The largest absolute Gasteiger partial charge is 0.293 e. The molecule has 1 aromatic heterocycles. The zero-order valence-electron chi connectivity index (χ0n) is 15.1. The van der Waals surface area contributed by atoms with Crippen molar-refractivity contribution in [3.63, 3.8) is 0 Å². The number of benzene rings is 2. The number of aryl methyl sites for hydroxylation is 1. The number of non-ortho nitro benzene ring substituents is 1. The van der Waals surface area contributed by atoms with Gasteiger partial charge in [0.1, 0.15) is 0 Å². The van der Waals surface area contributed by atoms with E-state index in [1.165, 1.54) is 52.4 Å². The summed E-state index contributed by atoms with van der Waals surface area (Å²) in [7, 11) is 0. The number of carbonyl (C=O) groups is 1. The number of ketones is 1. The van der Waals surface area contributed by atoms with Crippen molar-refractivity contribution < 1.29 is 9.72 Å². The van der Waals surface area contributed by atoms with E-state index >= 15 is 0 Å². The van der Waals surface area contributed by atoms with E-state index in [0.29, 0.717) is 27.7 Å². The van der Waals surface area contributed by atoms with Gasteiger partial charge in [-0.2, -0.15) is 0 Å². The van der Waals surface area contributed by atoms with E-state index in [1.807, 2.05) is 6.07 Å². The van der Waals surface area contributed by atoms with Crippen LogP contribution in [0, 0.1) is 10.1 Å². The Morgan fingerprint density at radius 2 is 1.90 bits per heavy atom. The Morgan fingerprint density at radius 3 is 2.59 bits per heavy atom. The summed E-state index contributed by atoms with van der Waals surface area (Å²) in [5.41, 5.74) is 1.56. The highest BCUT2D eigenvalue weighted by molar-refractivity contribution is 8.00. The molecule has 0 saturated carbocycles. The number of nitro benzene ring substituents is 1. The van der Waals surface area contributed by atoms with E-state index in [2.05, 4.69) is 4.98 Å². The van der Waals surface area contributed by atoms with Crippen molar-refractivity contribution in [2.75, 3.05) is 11.5 Å². The highest BCUT2D eigenvalue weighted by Crippen LogP contribution is 2.30. The second-order valence-electron chi connectivity index (χ2n) is 6.26. The maximum atomic E-state index is 13.1. The summed E-state index contributed by atoms with van der Waals surface area (Å²) >= 11 is 2.66. The molecule has 29 heavy (non-hydrogen) atoms. The summed E-state index contributed by atoms with van der Waals surface area (Å²) in [4.78, 5) is 41.2. The van der Waals surface area contributed by atoms with Crippen molar-refractivity contribution in [2.24, 2.45) is 0 Å². The molecule has 0 aliphatic carbocycles. The molecule has 0 N–H and O–H groups in total. The van der Waals surface area contributed by atoms with Gasteiger partial charge in [-0.1, -0.05) is 42.1 Å². The molecule has 0 bridgehead atoms. The quantitative estimate of drug-likeness (QED) is 0.195. The fourth-order valence-electron chi connectivity index (χ4n) is 2.98. The summed E-state index contributed by atoms with van der Waals surface area (Å²) < 4.78 is 1.43. The van der Waals surface area contributed by atoms with Crippen LogP contribution in [0.15, 0.2) is 69.4 Å². The molecule has 0 atom stereocenters. The van der Waals surface area contributed by atoms with E-state index in [4.69, 9.17) is 0 Å². The Morgan fingerprint density at radius 1 is 1.17 bits per heavy atom. The fourth-order valence-corrected chi connectivity index (χ4v) is 4.93. The smallest absolute Gasteiger partial charge is 0.272 e. The zero-order chi connectivity index (χ0) is 20.4. The van der Waals surface area contributed by atoms with Gasteiger partial charge >= 0.3 is 0 Å². The van der Waals surface area contributed by atoms with Gasteiger partial charge in [0.15, 0.2) is 10.9 Å². The molecule has 0 saturated heterocycles. The molecule has 0 unspecified atom stereocenters. The van der Waals surface area contributed by atoms with Gasteiger partial charge in [0, 0.05) is 29.9 Å². The van der Waals surface area contributed by atoms with Crippen molar-refractivity contribution in [2.45, 2.75) is 16.5 Å². The van der Waals surface area contributed by atoms with Gasteiger partial charge in [-0.05, 0) is 12.1 Å². The number of Topliss-reactive ketones (excluding diaryl/α,β-unsaturated/α-hetero) is 1. The molecule has 0 amide bonds. The van der Waals surface area contributed by atoms with Crippen LogP contribution in [0.1, 0.15) is 16.1 Å². The Labute approximate surface area is 174 Å². The van der Waals surface area contributed by atoms with Gasteiger partial charge in [-0.25, -0.2) is 4.98 Å². The minimum atomic E-state index is -0.489. The van der Waals surface area contributed by atoms with E-state index in [1.54, 1.807) is 24.3 Å². The second kappa shape index (κ2) is 8.22. The normalized spacial score (nSPS) is 12.6. The first-order valence-electron chi connectivity index (χ1n) is 8.79. The maximum absolute atomic E-state index is 13.1. The number of thioether (sulfide) groups is 2. The first kappa shape index (κ1) is 19.4. The molecule has 7 nitrogen and oxygen atoms in total. The van der Waals surface area contributed by atoms with Gasteiger partial charge in [0.25, 0.3) is 11.2 Å². The van der Waals surface area contributed by atoms with E-state index in [0.717, 1.165) is 11.4 Å². The van der Waals surface area contributed by atoms with Crippen LogP contribution < -0.4 is 5.56 Å². The molecule has 9 heteroatoms. The summed E-state index contributed by atoms with van der Waals surface area (Å²) in [5.74, 6) is 0.861. The van der Waals surface area contributed by atoms with Crippen molar-refractivity contribution in [3.8, 4) is 5.69 Å². The first-order valence-corrected chi connectivity index (χ1v) is 10.8. The lowest BCUT2D eigenvalue weighted by molar-refractivity contribution is -0.384. The van der Waals surface area contributed by atoms with E-state index < -0.39 is 4.92 Å². The number of nitrogens with zero attached hydrogens (tertiary/aromatic N) is 3. The fraction of sp³-hybridized carbons (Fsp3) is 0.150. The predicted molar refractivity (Wildman–Crippen MR) is 112 cm³/mol. The van der Waals surface area contributed by atoms with E-state index in [9.17, 15) is 19.7 Å². The lowest BCUT2D eigenvalue weighted by atomic mass is 10.2. The minimum absolute atomic E-state index is 0.0567. The van der Waals surface area contributed by atoms with Crippen molar-refractivity contribution in [1.82, 2.24) is 9.55 Å². The van der Waals surface area contributed by atoms with Crippen LogP contribution >= 0.6 is 23.5 Å². The summed E-state index contributed by atoms with van der Waals surface area (Å²) in [6.45, 7) is 0. The van der Waals surface area contributed by atoms with Gasteiger partial charge in [0.05, 0.1) is 27.0 Å². The minimum Gasteiger partial charge on any atom is -0.293 e. The molecule has 0 fully saturated rings. The second-order valence-corrected chi connectivity index (χ2v) is 8.31. The molecular weight excluding hydrogens is 410 g/mol. The molecule has 2 heterocycles. The summed E-state index contributed by atoms with van der Waals surface area (Å²) in [5, 5.41) is 11.3. The van der Waals surface area contributed by atoms with Crippen molar-refractivity contribution in [1.29, 1.82) is 0 Å². The maximum Gasteiger partial charge on any atom is 0.272 e. The molecule has 2 aromatic carbocycles. The van der Waals surface area contributed by atoms with Crippen LogP contribution in [0.4, 0.5) is 5.69 Å². The van der Waals surface area contributed by atoms with Gasteiger partial charge < -0.3 is 0 Å². The number of fused-ring (bicyclic) bond motifs is 1. The summed E-state index contributed by atoms with van der Waals surface area (Å²) in [6, 6.07) is 14.7. The molecule has 0 radical (unpaired) electrons. The standard InChI is InChI=1S/C20H15N3O4S2/c24-17(13-4-2-1-3-5-13)12-29-20-21-16-10-11-28-18(16)19(25)22(20)14-6-8-15(9-7-14)23(26)27/h1-9H,10-12H2. The third kappa shape index (κ3) is 3.96. The Balaban J connectivity index is 1.71. The van der Waals surface area contributed by atoms with Crippen LogP contribution in [0.2, 0.25) is 0 Å². The third-order valence-electron chi connectivity index (χ3n) is 4.41. The van der Waals surface area contributed by atoms with Gasteiger partial charge in [-0.15, -0.1) is 11.8 Å². The zero-order valence-corrected chi connectivity index (χ0v) is 16.7. The molecule has 146 valence electrons. The monoisotopic (exact) mass is 425 g/mol. The average molecular weight is 425 g/mol. The lowest BCUT2D eigenvalue weighted by Crippen LogP contribution is -2.24. The first-order chi connectivity index (χ1) is 14.0. The Bertz CT molecular complexity index is 1140. The number of hydrogen-bond acceptors (Lipinski definition) is 7. The van der Waals surface area contributed by atoms with Crippen LogP contribution in [0.5, 0.6) is 0 Å². The Hall–Kier alpha value is -2.91. The molecule has 4 rings (SSSR count). The number of rotatable bonds is 6. The summed E-state index contributed by atoms with van der Waals surface area (Å²) in [6.07, 6.45) is 0.705. The molecular formula is C20H15N3O4S2. The molecule has 3 aromatic rings. The molecule has 0 spiro atoms. The number of aromatic nitrogens is 2. The Kier molecular flexibility index (Phi) is 5.50. The van der Waals surface area contributed by atoms with Crippen LogP contribution in [-0.2, 0) is 6.42 Å². The number of hydrogen-bond donors (Lipinski definition) is 0. The molecule has 1 aliphatic heterocycles. The number of nitro groups is 1. The van der Waals surface area contributed by atoms with Crippen LogP contribution in [0.3, 0.4) is 0 Å². The SMILES string of the molecule is O=C(CSc1nc2c(c(=O)n1-c1ccc([N+](=O)[O-])cc1)SCC2)c1ccccc1. The van der Waals surface area contributed by atoms with Crippen molar-refractivity contribution >= 4 is 35.0 Å². The van der Waals surface area contributed by atoms with Gasteiger partial charge in [-0.3, -0.25) is 24.3 Å². The van der Waals surface area contributed by atoms with Crippen LogP contribution in [0.25, 0.3) is 5.69 Å². The lowest BCUT2D eigenvalue weighted by Gasteiger charge is -2.13. The van der Waals surface area contributed by atoms with Crippen molar-refractivity contribution in [3.05, 3.63) is 86.3 Å². The average Bonchev–Trinajstić information content (AvgIpc) is 3.22. The van der Waals surface area contributed by atoms with E-state index in [-0.39, 0.29) is 22.8 Å². The van der Waals surface area contributed by atoms with Gasteiger partial charge in [0.2, 0.25) is 0 Å². The highest BCUT2D eigenvalue weighted by Gasteiger charge is 2.23. The third-order valence-corrected chi connectivity index (χ3v) is 6.46. The molecule has 1 aliphatic rings.